The molecule has 3 rings (SSSR count). The summed E-state index contributed by atoms with van der Waals surface area (Å²) in [6.07, 6.45) is 3.55. The number of hydrogen-bond donors (Lipinski definition) is 0. The van der Waals surface area contributed by atoms with Crippen molar-refractivity contribution in [3.8, 4) is 0 Å². The third-order valence-electron chi connectivity index (χ3n) is 4.70. The lowest BCUT2D eigenvalue weighted by molar-refractivity contribution is 0.141. The topological polar surface area (TPSA) is 26.8 Å². The van der Waals surface area contributed by atoms with Gasteiger partial charge < -0.3 is 14.7 Å². The summed E-state index contributed by atoms with van der Waals surface area (Å²) in [5, 5.41) is 0.810. The van der Waals surface area contributed by atoms with Crippen LogP contribution in [0.3, 0.4) is 0 Å². The first-order valence-corrected chi connectivity index (χ1v) is 8.58. The molecule has 2 amide bonds. The highest BCUT2D eigenvalue weighted by Crippen LogP contribution is 2.24. The summed E-state index contributed by atoms with van der Waals surface area (Å²) in [5.74, 6) is 0. The predicted octanol–water partition coefficient (Wildman–Crippen LogP) is 3.38. The van der Waals surface area contributed by atoms with E-state index >= 15 is 0 Å². The monoisotopic (exact) mass is 321 g/mol. The SMILES string of the molecule is Cc1ccc(N2CCN(C(=O)N3CCCCC3)CC2)cc1Cl. The maximum absolute atomic E-state index is 12.5. The number of rotatable bonds is 1. The summed E-state index contributed by atoms with van der Waals surface area (Å²) >= 11 is 6.22. The lowest BCUT2D eigenvalue weighted by Gasteiger charge is -2.39. The zero-order valence-corrected chi connectivity index (χ0v) is 14.0. The Bertz CT molecular complexity index is 535. The van der Waals surface area contributed by atoms with Crippen molar-refractivity contribution in [2.45, 2.75) is 26.2 Å². The second-order valence-corrected chi connectivity index (χ2v) is 6.65. The molecule has 2 heterocycles. The molecule has 0 atom stereocenters. The lowest BCUT2D eigenvalue weighted by atomic mass is 10.1. The molecule has 2 fully saturated rings. The van der Waals surface area contributed by atoms with Crippen LogP contribution >= 0.6 is 11.6 Å². The molecule has 0 radical (unpaired) electrons. The Morgan fingerprint density at radius 3 is 2.23 bits per heavy atom. The molecule has 1 aromatic rings. The van der Waals surface area contributed by atoms with Gasteiger partial charge in [0.1, 0.15) is 0 Å². The van der Waals surface area contributed by atoms with Crippen molar-refractivity contribution < 1.29 is 4.79 Å². The number of hydrogen-bond acceptors (Lipinski definition) is 2. The zero-order valence-electron chi connectivity index (χ0n) is 13.2. The van der Waals surface area contributed by atoms with Crippen molar-refractivity contribution >= 4 is 23.3 Å². The average Bonchev–Trinajstić information content (AvgIpc) is 2.58. The van der Waals surface area contributed by atoms with Crippen LogP contribution in [-0.4, -0.2) is 55.1 Å². The standard InChI is InChI=1S/C17H24ClN3O/c1-14-5-6-15(13-16(14)18)19-9-11-21(12-10-19)17(22)20-7-3-2-4-8-20/h5-6,13H,2-4,7-12H2,1H3. The maximum Gasteiger partial charge on any atom is 0.320 e. The number of amides is 2. The smallest absolute Gasteiger partial charge is 0.320 e. The second kappa shape index (κ2) is 6.78. The number of piperazine rings is 1. The molecule has 120 valence electrons. The molecule has 2 saturated heterocycles. The minimum absolute atomic E-state index is 0.223. The van der Waals surface area contributed by atoms with E-state index in [4.69, 9.17) is 11.6 Å². The van der Waals surface area contributed by atoms with E-state index in [2.05, 4.69) is 17.0 Å². The summed E-state index contributed by atoms with van der Waals surface area (Å²) in [6, 6.07) is 6.42. The largest absolute Gasteiger partial charge is 0.368 e. The van der Waals surface area contributed by atoms with Crippen LogP contribution in [0.2, 0.25) is 5.02 Å². The fourth-order valence-electron chi connectivity index (χ4n) is 3.22. The van der Waals surface area contributed by atoms with Gasteiger partial charge in [-0.3, -0.25) is 0 Å². The first-order valence-electron chi connectivity index (χ1n) is 8.20. The van der Waals surface area contributed by atoms with Crippen molar-refractivity contribution in [3.05, 3.63) is 28.8 Å². The third kappa shape index (κ3) is 3.32. The Balaban J connectivity index is 1.57. The Labute approximate surface area is 137 Å². The van der Waals surface area contributed by atoms with Crippen LogP contribution in [0.25, 0.3) is 0 Å². The molecule has 0 saturated carbocycles. The number of nitrogens with zero attached hydrogens (tertiary/aromatic N) is 3. The summed E-state index contributed by atoms with van der Waals surface area (Å²) in [6.45, 7) is 7.19. The first-order chi connectivity index (χ1) is 10.6. The molecule has 22 heavy (non-hydrogen) atoms. The normalized spacial score (nSPS) is 19.5. The Morgan fingerprint density at radius 2 is 1.59 bits per heavy atom. The zero-order chi connectivity index (χ0) is 15.5. The molecule has 0 unspecified atom stereocenters. The molecule has 0 N–H and O–H groups in total. The number of likely N-dealkylation sites (tertiary alicyclic amines) is 1. The van der Waals surface area contributed by atoms with Gasteiger partial charge in [0.25, 0.3) is 0 Å². The predicted molar refractivity (Wildman–Crippen MR) is 90.8 cm³/mol. The number of carbonyl (C=O) groups is 1. The fourth-order valence-corrected chi connectivity index (χ4v) is 3.39. The molecule has 0 spiro atoms. The van der Waals surface area contributed by atoms with Crippen LogP contribution < -0.4 is 4.90 Å². The summed E-state index contributed by atoms with van der Waals surface area (Å²) in [4.78, 5) is 18.8. The molecular weight excluding hydrogens is 298 g/mol. The highest BCUT2D eigenvalue weighted by atomic mass is 35.5. The molecule has 4 nitrogen and oxygen atoms in total. The number of aryl methyl sites for hydroxylation is 1. The maximum atomic E-state index is 12.5. The van der Waals surface area contributed by atoms with Crippen LogP contribution in [0, 0.1) is 6.92 Å². The van der Waals surface area contributed by atoms with E-state index in [0.29, 0.717) is 0 Å². The van der Waals surface area contributed by atoms with E-state index in [1.54, 1.807) is 0 Å². The van der Waals surface area contributed by atoms with Gasteiger partial charge >= 0.3 is 6.03 Å². The van der Waals surface area contributed by atoms with Gasteiger partial charge in [-0.1, -0.05) is 17.7 Å². The Morgan fingerprint density at radius 1 is 0.955 bits per heavy atom. The molecule has 0 bridgehead atoms. The lowest BCUT2D eigenvalue weighted by Crippen LogP contribution is -2.53. The van der Waals surface area contributed by atoms with Gasteiger partial charge in [-0.2, -0.15) is 0 Å². The van der Waals surface area contributed by atoms with Crippen LogP contribution in [0.4, 0.5) is 10.5 Å². The highest BCUT2D eigenvalue weighted by Gasteiger charge is 2.26. The molecule has 0 aliphatic carbocycles. The number of urea groups is 1. The number of anilines is 1. The first kappa shape index (κ1) is 15.5. The number of piperidine rings is 1. The van der Waals surface area contributed by atoms with Gasteiger partial charge in [-0.15, -0.1) is 0 Å². The molecule has 2 aliphatic rings. The van der Waals surface area contributed by atoms with E-state index in [-0.39, 0.29) is 6.03 Å². The van der Waals surface area contributed by atoms with E-state index in [0.717, 1.165) is 68.4 Å². The van der Waals surface area contributed by atoms with Crippen LogP contribution in [-0.2, 0) is 0 Å². The van der Waals surface area contributed by atoms with E-state index in [9.17, 15) is 4.79 Å². The summed E-state index contributed by atoms with van der Waals surface area (Å²) in [7, 11) is 0. The van der Waals surface area contributed by atoms with E-state index in [1.165, 1.54) is 6.42 Å². The third-order valence-corrected chi connectivity index (χ3v) is 5.10. The van der Waals surface area contributed by atoms with Gasteiger partial charge in [-0.05, 0) is 43.9 Å². The van der Waals surface area contributed by atoms with Crippen molar-refractivity contribution in [3.63, 3.8) is 0 Å². The van der Waals surface area contributed by atoms with Gasteiger partial charge in [0.2, 0.25) is 0 Å². The van der Waals surface area contributed by atoms with Crippen molar-refractivity contribution in [1.82, 2.24) is 9.80 Å². The Kier molecular flexibility index (Phi) is 4.77. The van der Waals surface area contributed by atoms with Gasteiger partial charge in [0, 0.05) is 50.0 Å². The molecule has 0 aromatic heterocycles. The number of carbonyl (C=O) groups excluding carboxylic acids is 1. The van der Waals surface area contributed by atoms with E-state index < -0.39 is 0 Å². The van der Waals surface area contributed by atoms with Gasteiger partial charge in [-0.25, -0.2) is 4.79 Å². The van der Waals surface area contributed by atoms with Gasteiger partial charge in [0.15, 0.2) is 0 Å². The van der Waals surface area contributed by atoms with Crippen molar-refractivity contribution in [1.29, 1.82) is 0 Å². The van der Waals surface area contributed by atoms with Gasteiger partial charge in [0.05, 0.1) is 0 Å². The molecule has 1 aromatic carbocycles. The Hall–Kier alpha value is -1.42. The second-order valence-electron chi connectivity index (χ2n) is 6.24. The average molecular weight is 322 g/mol. The molecule has 2 aliphatic heterocycles. The molecule has 5 heteroatoms. The minimum Gasteiger partial charge on any atom is -0.368 e. The summed E-state index contributed by atoms with van der Waals surface area (Å²) in [5.41, 5.74) is 2.25. The quantitative estimate of drug-likeness (QED) is 0.793. The summed E-state index contributed by atoms with van der Waals surface area (Å²) < 4.78 is 0. The van der Waals surface area contributed by atoms with Crippen molar-refractivity contribution in [2.24, 2.45) is 0 Å². The van der Waals surface area contributed by atoms with Crippen LogP contribution in [0.5, 0.6) is 0 Å². The van der Waals surface area contributed by atoms with Crippen LogP contribution in [0.15, 0.2) is 18.2 Å². The van der Waals surface area contributed by atoms with Crippen LogP contribution in [0.1, 0.15) is 24.8 Å². The highest BCUT2D eigenvalue weighted by molar-refractivity contribution is 6.31. The molecular formula is C17H24ClN3O. The minimum atomic E-state index is 0.223. The fraction of sp³-hybridized carbons (Fsp3) is 0.588. The number of halogens is 1. The number of benzene rings is 1. The van der Waals surface area contributed by atoms with E-state index in [1.807, 2.05) is 22.8 Å². The van der Waals surface area contributed by atoms with Crippen molar-refractivity contribution in [2.75, 3.05) is 44.2 Å².